The zero-order valence-corrected chi connectivity index (χ0v) is 11.7. The van der Waals surface area contributed by atoms with Crippen molar-refractivity contribution in [1.29, 1.82) is 0 Å². The summed E-state index contributed by atoms with van der Waals surface area (Å²) >= 11 is 0. The molecule has 0 aliphatic carbocycles. The number of aryl methyl sites for hydroxylation is 1. The first-order valence-electron chi connectivity index (χ1n) is 6.16. The van der Waals surface area contributed by atoms with Crippen molar-refractivity contribution < 1.29 is 0 Å². The molecule has 7 nitrogen and oxygen atoms in total. The molecular weight excluding hydrogens is 242 g/mol. The summed E-state index contributed by atoms with van der Waals surface area (Å²) in [4.78, 5) is 14.6. The van der Waals surface area contributed by atoms with Crippen LogP contribution in [0.1, 0.15) is 12.6 Å². The highest BCUT2D eigenvalue weighted by molar-refractivity contribution is 5.43. The zero-order valence-electron chi connectivity index (χ0n) is 11.7. The summed E-state index contributed by atoms with van der Waals surface area (Å²) in [6.07, 6.45) is 3.24. The number of nitrogens with zero attached hydrogens (tertiary/aromatic N) is 6. The first-order chi connectivity index (χ1) is 9.04. The molecule has 1 N–H and O–H groups in total. The van der Waals surface area contributed by atoms with Crippen molar-refractivity contribution in [3.8, 4) is 0 Å². The van der Waals surface area contributed by atoms with E-state index in [2.05, 4.69) is 32.3 Å². The molecule has 0 amide bonds. The van der Waals surface area contributed by atoms with Crippen LogP contribution in [-0.4, -0.2) is 44.9 Å². The molecule has 0 spiro atoms. The summed E-state index contributed by atoms with van der Waals surface area (Å²) in [5.41, 5.74) is 0.939. The zero-order chi connectivity index (χ0) is 13.8. The number of nitrogens with one attached hydrogen (secondary N) is 1. The smallest absolute Gasteiger partial charge is 0.226 e. The van der Waals surface area contributed by atoms with Crippen molar-refractivity contribution in [3.05, 3.63) is 24.4 Å². The van der Waals surface area contributed by atoms with Gasteiger partial charge in [0.05, 0.1) is 6.54 Å². The molecule has 0 radical (unpaired) electrons. The normalized spacial score (nSPS) is 12.2. The number of rotatable bonds is 5. The largest absolute Gasteiger partial charge is 0.366 e. The Kier molecular flexibility index (Phi) is 3.94. The van der Waals surface area contributed by atoms with E-state index in [4.69, 9.17) is 0 Å². The molecule has 102 valence electrons. The average Bonchev–Trinajstić information content (AvgIpc) is 2.80. The molecule has 0 aromatic carbocycles. The van der Waals surface area contributed by atoms with E-state index in [0.717, 1.165) is 18.1 Å². The molecule has 2 aromatic rings. The Morgan fingerprint density at radius 1 is 1.37 bits per heavy atom. The SMILES string of the molecule is Cc1cc(N[C@@H](C)Cn2cncn2)nc(N(C)C)n1. The van der Waals surface area contributed by atoms with E-state index in [1.54, 1.807) is 11.0 Å². The van der Waals surface area contributed by atoms with E-state index >= 15 is 0 Å². The van der Waals surface area contributed by atoms with Crippen LogP contribution in [0.4, 0.5) is 11.8 Å². The van der Waals surface area contributed by atoms with Crippen LogP contribution in [0.15, 0.2) is 18.7 Å². The summed E-state index contributed by atoms with van der Waals surface area (Å²) in [7, 11) is 3.86. The van der Waals surface area contributed by atoms with Gasteiger partial charge in [-0.15, -0.1) is 0 Å². The lowest BCUT2D eigenvalue weighted by Crippen LogP contribution is -2.23. The molecule has 2 heterocycles. The van der Waals surface area contributed by atoms with Crippen molar-refractivity contribution in [2.75, 3.05) is 24.3 Å². The first kappa shape index (κ1) is 13.3. The number of aromatic nitrogens is 5. The third-order valence-corrected chi connectivity index (χ3v) is 2.56. The molecule has 0 bridgehead atoms. The lowest BCUT2D eigenvalue weighted by atomic mass is 10.3. The molecule has 0 aliphatic heterocycles. The lowest BCUT2D eigenvalue weighted by molar-refractivity contribution is 0.558. The predicted octanol–water partition coefficient (Wildman–Crippen LogP) is 0.943. The van der Waals surface area contributed by atoms with Gasteiger partial charge in [0, 0.05) is 31.9 Å². The second-order valence-electron chi connectivity index (χ2n) is 4.75. The summed E-state index contributed by atoms with van der Waals surface area (Å²) < 4.78 is 1.79. The van der Waals surface area contributed by atoms with Gasteiger partial charge < -0.3 is 10.2 Å². The average molecular weight is 261 g/mol. The molecule has 0 saturated heterocycles. The van der Waals surface area contributed by atoms with Crippen LogP contribution in [0.3, 0.4) is 0 Å². The highest BCUT2D eigenvalue weighted by atomic mass is 15.3. The van der Waals surface area contributed by atoms with Crippen LogP contribution in [-0.2, 0) is 6.54 Å². The van der Waals surface area contributed by atoms with Gasteiger partial charge in [0.15, 0.2) is 0 Å². The van der Waals surface area contributed by atoms with E-state index in [9.17, 15) is 0 Å². The Morgan fingerprint density at radius 2 is 2.16 bits per heavy atom. The Morgan fingerprint density at radius 3 is 2.79 bits per heavy atom. The Balaban J connectivity index is 2.05. The second-order valence-corrected chi connectivity index (χ2v) is 4.75. The minimum Gasteiger partial charge on any atom is -0.366 e. The Bertz CT molecular complexity index is 521. The minimum atomic E-state index is 0.200. The summed E-state index contributed by atoms with van der Waals surface area (Å²) in [6.45, 7) is 4.77. The second kappa shape index (κ2) is 5.64. The topological polar surface area (TPSA) is 71.8 Å². The quantitative estimate of drug-likeness (QED) is 0.863. The van der Waals surface area contributed by atoms with Crippen molar-refractivity contribution in [3.63, 3.8) is 0 Å². The van der Waals surface area contributed by atoms with Crippen LogP contribution in [0, 0.1) is 6.92 Å². The first-order valence-corrected chi connectivity index (χ1v) is 6.16. The van der Waals surface area contributed by atoms with E-state index in [0.29, 0.717) is 5.95 Å². The van der Waals surface area contributed by atoms with Gasteiger partial charge in [0.25, 0.3) is 0 Å². The molecule has 0 aliphatic rings. The fourth-order valence-electron chi connectivity index (χ4n) is 1.73. The van der Waals surface area contributed by atoms with E-state index in [1.807, 2.05) is 32.0 Å². The van der Waals surface area contributed by atoms with Gasteiger partial charge in [-0.2, -0.15) is 10.1 Å². The van der Waals surface area contributed by atoms with Crippen LogP contribution in [0.2, 0.25) is 0 Å². The van der Waals surface area contributed by atoms with Crippen LogP contribution >= 0.6 is 0 Å². The standard InChI is InChI=1S/C12H19N7/c1-9-5-11(17-12(16-9)18(3)4)15-10(2)6-19-8-13-7-14-19/h5,7-8,10H,6H2,1-4H3,(H,15,16,17)/t10-/m0/s1. The van der Waals surface area contributed by atoms with Crippen LogP contribution in [0.25, 0.3) is 0 Å². The maximum Gasteiger partial charge on any atom is 0.226 e. The number of anilines is 2. The fourth-order valence-corrected chi connectivity index (χ4v) is 1.73. The number of hydrogen-bond donors (Lipinski definition) is 1. The third kappa shape index (κ3) is 3.64. The van der Waals surface area contributed by atoms with Crippen LogP contribution in [0.5, 0.6) is 0 Å². The van der Waals surface area contributed by atoms with Crippen molar-refractivity contribution in [1.82, 2.24) is 24.7 Å². The van der Waals surface area contributed by atoms with Crippen molar-refractivity contribution >= 4 is 11.8 Å². The van der Waals surface area contributed by atoms with Gasteiger partial charge >= 0.3 is 0 Å². The maximum atomic E-state index is 4.46. The Labute approximate surface area is 112 Å². The van der Waals surface area contributed by atoms with Gasteiger partial charge in [-0.3, -0.25) is 4.68 Å². The van der Waals surface area contributed by atoms with E-state index < -0.39 is 0 Å². The molecular formula is C12H19N7. The summed E-state index contributed by atoms with van der Waals surface area (Å²) in [5, 5.41) is 7.44. The molecule has 0 fully saturated rings. The minimum absolute atomic E-state index is 0.200. The summed E-state index contributed by atoms with van der Waals surface area (Å²) in [5.74, 6) is 1.53. The predicted molar refractivity (Wildman–Crippen MR) is 74.2 cm³/mol. The van der Waals surface area contributed by atoms with E-state index in [-0.39, 0.29) is 6.04 Å². The Hall–Kier alpha value is -2.18. The molecule has 2 aromatic heterocycles. The highest BCUT2D eigenvalue weighted by Crippen LogP contribution is 2.12. The summed E-state index contributed by atoms with van der Waals surface area (Å²) in [6, 6.07) is 2.14. The van der Waals surface area contributed by atoms with Gasteiger partial charge in [0.2, 0.25) is 5.95 Å². The van der Waals surface area contributed by atoms with Crippen molar-refractivity contribution in [2.45, 2.75) is 26.4 Å². The molecule has 1 atom stereocenters. The van der Waals surface area contributed by atoms with Crippen LogP contribution < -0.4 is 10.2 Å². The molecule has 19 heavy (non-hydrogen) atoms. The molecule has 2 rings (SSSR count). The highest BCUT2D eigenvalue weighted by Gasteiger charge is 2.08. The monoisotopic (exact) mass is 261 g/mol. The van der Waals surface area contributed by atoms with Crippen molar-refractivity contribution in [2.24, 2.45) is 0 Å². The lowest BCUT2D eigenvalue weighted by Gasteiger charge is -2.17. The van der Waals surface area contributed by atoms with Gasteiger partial charge in [0.1, 0.15) is 18.5 Å². The van der Waals surface area contributed by atoms with Gasteiger partial charge in [-0.05, 0) is 13.8 Å². The van der Waals surface area contributed by atoms with Gasteiger partial charge in [-0.25, -0.2) is 9.97 Å². The molecule has 0 saturated carbocycles. The number of hydrogen-bond acceptors (Lipinski definition) is 6. The van der Waals surface area contributed by atoms with E-state index in [1.165, 1.54) is 6.33 Å². The maximum absolute atomic E-state index is 4.46. The molecule has 7 heteroatoms. The van der Waals surface area contributed by atoms with Gasteiger partial charge in [-0.1, -0.05) is 0 Å². The third-order valence-electron chi connectivity index (χ3n) is 2.56. The molecule has 0 unspecified atom stereocenters. The fraction of sp³-hybridized carbons (Fsp3) is 0.500.